The minimum atomic E-state index is -1.82. The van der Waals surface area contributed by atoms with E-state index in [4.69, 9.17) is 25.6 Å². The van der Waals surface area contributed by atoms with Gasteiger partial charge in [0.05, 0.1) is 0 Å². The quantitative estimate of drug-likeness (QED) is 0.344. The molecule has 0 unspecified atom stereocenters. The van der Waals surface area contributed by atoms with Crippen molar-refractivity contribution in [3.63, 3.8) is 0 Å². The molecule has 0 aromatic heterocycles. The smallest absolute Gasteiger partial charge is 0.414 e. The molecule has 0 spiro atoms. The maximum Gasteiger partial charge on any atom is 0.414 e. The molecule has 1 aromatic rings. The first-order chi connectivity index (χ1) is 6.97. The van der Waals surface area contributed by atoms with Gasteiger partial charge in [-0.15, -0.1) is 0 Å². The number of aliphatic carboxylic acids is 2. The van der Waals surface area contributed by atoms with Crippen molar-refractivity contribution in [2.45, 2.75) is 0 Å². The summed E-state index contributed by atoms with van der Waals surface area (Å²) in [5, 5.41) is 14.8. The van der Waals surface area contributed by atoms with E-state index in [9.17, 15) is 0 Å². The van der Waals surface area contributed by atoms with Gasteiger partial charge in [-0.1, -0.05) is 15.9 Å². The van der Waals surface area contributed by atoms with Crippen LogP contribution in [0.1, 0.15) is 0 Å². The van der Waals surface area contributed by atoms with Gasteiger partial charge in [0.25, 0.3) is 0 Å². The van der Waals surface area contributed by atoms with Gasteiger partial charge < -0.3 is 15.6 Å². The number of hydrogen-bond donors (Lipinski definition) is 4. The molecule has 15 heavy (non-hydrogen) atoms. The van der Waals surface area contributed by atoms with Gasteiger partial charge in [0.2, 0.25) is 0 Å². The van der Waals surface area contributed by atoms with Crippen LogP contribution in [-0.4, -0.2) is 22.2 Å². The molecule has 0 saturated carbocycles. The van der Waals surface area contributed by atoms with Gasteiger partial charge in [0, 0.05) is 10.2 Å². The predicted molar refractivity (Wildman–Crippen MR) is 57.2 cm³/mol. The van der Waals surface area contributed by atoms with Gasteiger partial charge in [-0.05, 0) is 24.3 Å². The second-order valence-electron chi connectivity index (χ2n) is 2.26. The van der Waals surface area contributed by atoms with E-state index in [1.165, 1.54) is 0 Å². The Morgan fingerprint density at radius 3 is 1.80 bits per heavy atom. The fourth-order valence-electron chi connectivity index (χ4n) is 0.546. The molecule has 0 aliphatic rings. The first-order valence-corrected chi connectivity index (χ1v) is 4.45. The Bertz CT molecular complexity index is 327. The second kappa shape index (κ2) is 6.80. The summed E-state index contributed by atoms with van der Waals surface area (Å²) in [5.41, 5.74) is 3.45. The van der Waals surface area contributed by atoms with E-state index in [1.54, 1.807) is 0 Å². The highest BCUT2D eigenvalue weighted by Crippen LogP contribution is 2.12. The average Bonchev–Trinajstić information content (AvgIpc) is 2.20. The minimum Gasteiger partial charge on any atom is -0.473 e. The monoisotopic (exact) mass is 276 g/mol. The summed E-state index contributed by atoms with van der Waals surface area (Å²) in [6.45, 7) is 0. The van der Waals surface area contributed by atoms with Crippen LogP contribution < -0.4 is 11.3 Å². The van der Waals surface area contributed by atoms with Gasteiger partial charge >= 0.3 is 11.9 Å². The molecule has 82 valence electrons. The van der Waals surface area contributed by atoms with Gasteiger partial charge in [-0.25, -0.2) is 9.59 Å². The summed E-state index contributed by atoms with van der Waals surface area (Å²) < 4.78 is 1.06. The van der Waals surface area contributed by atoms with Crippen molar-refractivity contribution in [1.29, 1.82) is 0 Å². The summed E-state index contributed by atoms with van der Waals surface area (Å²) in [6, 6.07) is 7.64. The highest BCUT2D eigenvalue weighted by atomic mass is 79.9. The van der Waals surface area contributed by atoms with Crippen molar-refractivity contribution < 1.29 is 19.8 Å². The van der Waals surface area contributed by atoms with Crippen LogP contribution in [0.25, 0.3) is 0 Å². The lowest BCUT2D eigenvalue weighted by atomic mass is 10.3. The molecule has 0 radical (unpaired) electrons. The lowest BCUT2D eigenvalue weighted by Crippen LogP contribution is -2.09. The average molecular weight is 277 g/mol. The molecule has 1 aromatic carbocycles. The Balaban J connectivity index is 0.000000288. The number of halogens is 1. The molecular formula is C8H9BrN2O4. The third kappa shape index (κ3) is 6.47. The van der Waals surface area contributed by atoms with Crippen molar-refractivity contribution in [2.75, 3.05) is 5.43 Å². The van der Waals surface area contributed by atoms with Crippen LogP contribution in [0.5, 0.6) is 0 Å². The molecule has 0 fully saturated rings. The Hall–Kier alpha value is -1.60. The van der Waals surface area contributed by atoms with Gasteiger partial charge in [-0.2, -0.15) is 0 Å². The van der Waals surface area contributed by atoms with Crippen molar-refractivity contribution in [3.05, 3.63) is 28.7 Å². The SMILES string of the molecule is NNc1ccc(Br)cc1.O=C(O)C(=O)O. The lowest BCUT2D eigenvalue weighted by molar-refractivity contribution is -0.159. The zero-order valence-corrected chi connectivity index (χ0v) is 9.06. The maximum atomic E-state index is 9.10. The Morgan fingerprint density at radius 1 is 1.13 bits per heavy atom. The van der Waals surface area contributed by atoms with Crippen molar-refractivity contribution in [2.24, 2.45) is 5.84 Å². The van der Waals surface area contributed by atoms with Crippen molar-refractivity contribution >= 4 is 33.6 Å². The number of benzene rings is 1. The zero-order chi connectivity index (χ0) is 11.8. The van der Waals surface area contributed by atoms with E-state index in [0.717, 1.165) is 10.2 Å². The lowest BCUT2D eigenvalue weighted by Gasteiger charge is -1.96. The van der Waals surface area contributed by atoms with E-state index in [1.807, 2.05) is 24.3 Å². The molecule has 0 aliphatic heterocycles. The Kier molecular flexibility index (Phi) is 6.07. The van der Waals surface area contributed by atoms with Crippen LogP contribution in [0.4, 0.5) is 5.69 Å². The minimum absolute atomic E-state index is 0.915. The molecular weight excluding hydrogens is 268 g/mol. The highest BCUT2D eigenvalue weighted by molar-refractivity contribution is 9.10. The van der Waals surface area contributed by atoms with Crippen LogP contribution in [0, 0.1) is 0 Å². The number of nitrogens with two attached hydrogens (primary N) is 1. The molecule has 0 amide bonds. The molecule has 0 aliphatic carbocycles. The van der Waals surface area contributed by atoms with Crippen LogP contribution >= 0.6 is 15.9 Å². The van der Waals surface area contributed by atoms with Gasteiger partial charge in [0.15, 0.2) is 0 Å². The van der Waals surface area contributed by atoms with E-state index < -0.39 is 11.9 Å². The fourth-order valence-corrected chi connectivity index (χ4v) is 0.810. The highest BCUT2D eigenvalue weighted by Gasteiger charge is 2.04. The number of carbonyl (C=O) groups is 2. The number of nitrogens with one attached hydrogen (secondary N) is 1. The van der Waals surface area contributed by atoms with Crippen LogP contribution in [-0.2, 0) is 9.59 Å². The number of nitrogen functional groups attached to an aromatic ring is 1. The molecule has 6 nitrogen and oxygen atoms in total. The number of anilines is 1. The third-order valence-electron chi connectivity index (χ3n) is 1.19. The van der Waals surface area contributed by atoms with Crippen molar-refractivity contribution in [3.8, 4) is 0 Å². The summed E-state index contributed by atoms with van der Waals surface area (Å²) in [4.78, 5) is 18.2. The Labute approximate surface area is 93.8 Å². The normalized spacial score (nSPS) is 8.40. The summed E-state index contributed by atoms with van der Waals surface area (Å²) in [7, 11) is 0. The standard InChI is InChI=1S/C6H7BrN2.C2H2O4/c7-5-1-3-6(9-8)4-2-5;3-1(4)2(5)6/h1-4,9H,8H2;(H,3,4)(H,5,6). The van der Waals surface area contributed by atoms with Gasteiger partial charge in [-0.3, -0.25) is 5.84 Å². The first-order valence-electron chi connectivity index (χ1n) is 3.65. The van der Waals surface area contributed by atoms with Crippen molar-refractivity contribution in [1.82, 2.24) is 0 Å². The molecule has 0 bridgehead atoms. The van der Waals surface area contributed by atoms with E-state index >= 15 is 0 Å². The van der Waals surface area contributed by atoms with E-state index in [-0.39, 0.29) is 0 Å². The second-order valence-corrected chi connectivity index (χ2v) is 3.18. The van der Waals surface area contributed by atoms with Crippen LogP contribution in [0.3, 0.4) is 0 Å². The first kappa shape index (κ1) is 13.4. The van der Waals surface area contributed by atoms with E-state index in [2.05, 4.69) is 21.4 Å². The topological polar surface area (TPSA) is 113 Å². The van der Waals surface area contributed by atoms with Gasteiger partial charge in [0.1, 0.15) is 0 Å². The largest absolute Gasteiger partial charge is 0.473 e. The van der Waals surface area contributed by atoms with Crippen LogP contribution in [0.2, 0.25) is 0 Å². The molecule has 5 N–H and O–H groups in total. The maximum absolute atomic E-state index is 9.10. The predicted octanol–water partition coefficient (Wildman–Crippen LogP) is 0.890. The fraction of sp³-hybridized carbons (Fsp3) is 0. The molecule has 1 rings (SSSR count). The number of carboxylic acids is 2. The molecule has 0 saturated heterocycles. The van der Waals surface area contributed by atoms with Crippen LogP contribution in [0.15, 0.2) is 28.7 Å². The summed E-state index contributed by atoms with van der Waals surface area (Å²) >= 11 is 3.31. The molecule has 7 heteroatoms. The number of hydrazine groups is 1. The summed E-state index contributed by atoms with van der Waals surface area (Å²) in [5.74, 6) is 1.49. The molecule has 0 atom stereocenters. The van der Waals surface area contributed by atoms with E-state index in [0.29, 0.717) is 0 Å². The zero-order valence-electron chi connectivity index (χ0n) is 7.48. The number of rotatable bonds is 1. The summed E-state index contributed by atoms with van der Waals surface area (Å²) in [6.07, 6.45) is 0. The molecule has 0 heterocycles. The third-order valence-corrected chi connectivity index (χ3v) is 1.72. The Morgan fingerprint density at radius 2 is 1.53 bits per heavy atom. The number of hydrogen-bond acceptors (Lipinski definition) is 4. The number of carboxylic acid groups (broad SMARTS) is 2.